The normalized spacial score (nSPS) is 10.5. The highest BCUT2D eigenvalue weighted by Gasteiger charge is 2.11. The van der Waals surface area contributed by atoms with Gasteiger partial charge in [-0.3, -0.25) is 0 Å². The van der Waals surface area contributed by atoms with E-state index in [2.05, 4.69) is 6.07 Å². The number of hydrogen-bond donors (Lipinski definition) is 2. The molecule has 0 unspecified atom stereocenters. The van der Waals surface area contributed by atoms with Gasteiger partial charge in [-0.05, 0) is 43.5 Å². The number of rotatable bonds is 1. The zero-order valence-electron chi connectivity index (χ0n) is 10.3. The zero-order valence-corrected chi connectivity index (χ0v) is 10.3. The van der Waals surface area contributed by atoms with E-state index in [-0.39, 0.29) is 11.5 Å². The molecule has 0 bridgehead atoms. The van der Waals surface area contributed by atoms with E-state index in [1.54, 1.807) is 6.07 Å². The first kappa shape index (κ1) is 11.5. The van der Waals surface area contributed by atoms with Crippen LogP contribution in [0.15, 0.2) is 30.3 Å². The molecule has 0 saturated carbocycles. The molecule has 0 aromatic heterocycles. The molecular weight excluding hydrogens is 212 g/mol. The molecule has 0 aliphatic rings. The van der Waals surface area contributed by atoms with Gasteiger partial charge in [0, 0.05) is 11.6 Å². The Morgan fingerprint density at radius 2 is 1.53 bits per heavy atom. The van der Waals surface area contributed by atoms with Gasteiger partial charge in [0.15, 0.2) is 0 Å². The van der Waals surface area contributed by atoms with Crippen molar-refractivity contribution in [2.24, 2.45) is 0 Å². The van der Waals surface area contributed by atoms with E-state index in [1.807, 2.05) is 32.9 Å². The van der Waals surface area contributed by atoms with Crippen LogP contribution in [0.3, 0.4) is 0 Å². The predicted octanol–water partition coefficient (Wildman–Crippen LogP) is 3.69. The van der Waals surface area contributed by atoms with Crippen LogP contribution in [0, 0.1) is 20.8 Å². The Balaban J connectivity index is 2.72. The molecular formula is C15H16O2. The van der Waals surface area contributed by atoms with Gasteiger partial charge in [0.05, 0.1) is 0 Å². The van der Waals surface area contributed by atoms with Crippen LogP contribution in [0.4, 0.5) is 0 Å². The molecule has 88 valence electrons. The highest BCUT2D eigenvalue weighted by Crippen LogP contribution is 2.37. The first-order chi connectivity index (χ1) is 7.99. The van der Waals surface area contributed by atoms with E-state index in [9.17, 15) is 10.2 Å². The third-order valence-electron chi connectivity index (χ3n) is 2.96. The van der Waals surface area contributed by atoms with Gasteiger partial charge in [-0.15, -0.1) is 0 Å². The summed E-state index contributed by atoms with van der Waals surface area (Å²) in [6, 6.07) is 9.18. The van der Waals surface area contributed by atoms with Crippen LogP contribution in [0.25, 0.3) is 11.1 Å². The second-order valence-electron chi connectivity index (χ2n) is 4.48. The van der Waals surface area contributed by atoms with Crippen molar-refractivity contribution < 1.29 is 10.2 Å². The minimum atomic E-state index is 0.0917. The third kappa shape index (κ3) is 2.11. The summed E-state index contributed by atoms with van der Waals surface area (Å²) in [5.74, 6) is 0.213. The number of aromatic hydroxyl groups is 2. The number of aryl methyl sites for hydroxylation is 3. The van der Waals surface area contributed by atoms with Crippen molar-refractivity contribution in [1.29, 1.82) is 0 Å². The summed E-state index contributed by atoms with van der Waals surface area (Å²) in [4.78, 5) is 0. The smallest absolute Gasteiger partial charge is 0.127 e. The first-order valence-corrected chi connectivity index (χ1v) is 5.59. The third-order valence-corrected chi connectivity index (χ3v) is 2.96. The SMILES string of the molecule is Cc1ccc(C)c(-c2c(C)cc(O)cc2O)c1. The molecule has 0 fully saturated rings. The highest BCUT2D eigenvalue weighted by atomic mass is 16.3. The zero-order chi connectivity index (χ0) is 12.6. The molecule has 0 amide bonds. The molecule has 17 heavy (non-hydrogen) atoms. The van der Waals surface area contributed by atoms with E-state index in [1.165, 1.54) is 6.07 Å². The first-order valence-electron chi connectivity index (χ1n) is 5.59. The lowest BCUT2D eigenvalue weighted by Crippen LogP contribution is -1.89. The fourth-order valence-electron chi connectivity index (χ4n) is 2.11. The number of phenols is 2. The summed E-state index contributed by atoms with van der Waals surface area (Å²) in [5, 5.41) is 19.4. The van der Waals surface area contributed by atoms with Crippen molar-refractivity contribution in [3.63, 3.8) is 0 Å². The van der Waals surface area contributed by atoms with Crippen LogP contribution in [-0.4, -0.2) is 10.2 Å². The van der Waals surface area contributed by atoms with E-state index < -0.39 is 0 Å². The maximum Gasteiger partial charge on any atom is 0.127 e. The molecule has 2 rings (SSSR count). The van der Waals surface area contributed by atoms with Crippen LogP contribution in [0.5, 0.6) is 11.5 Å². The molecule has 0 aliphatic carbocycles. The topological polar surface area (TPSA) is 40.5 Å². The van der Waals surface area contributed by atoms with E-state index in [0.717, 1.165) is 27.8 Å². The minimum Gasteiger partial charge on any atom is -0.508 e. The van der Waals surface area contributed by atoms with E-state index >= 15 is 0 Å². The van der Waals surface area contributed by atoms with Crippen LogP contribution >= 0.6 is 0 Å². The molecule has 0 radical (unpaired) electrons. The maximum atomic E-state index is 9.98. The van der Waals surface area contributed by atoms with Gasteiger partial charge in [-0.1, -0.05) is 23.8 Å². The lowest BCUT2D eigenvalue weighted by Gasteiger charge is -2.12. The van der Waals surface area contributed by atoms with E-state index in [0.29, 0.717) is 0 Å². The lowest BCUT2D eigenvalue weighted by molar-refractivity contribution is 0.451. The number of benzene rings is 2. The highest BCUT2D eigenvalue weighted by molar-refractivity contribution is 5.77. The fourth-order valence-corrected chi connectivity index (χ4v) is 2.11. The fraction of sp³-hybridized carbons (Fsp3) is 0.200. The standard InChI is InChI=1S/C15H16O2/c1-9-4-5-10(2)13(6-9)15-11(3)7-12(16)8-14(15)17/h4-8,16-17H,1-3H3. The predicted molar refractivity (Wildman–Crippen MR) is 69.4 cm³/mol. The molecule has 2 N–H and O–H groups in total. The van der Waals surface area contributed by atoms with Crippen LogP contribution in [0.1, 0.15) is 16.7 Å². The monoisotopic (exact) mass is 228 g/mol. The average Bonchev–Trinajstić information content (AvgIpc) is 2.21. The largest absolute Gasteiger partial charge is 0.508 e. The maximum absolute atomic E-state index is 9.98. The van der Waals surface area contributed by atoms with Gasteiger partial charge in [-0.25, -0.2) is 0 Å². The molecule has 0 aliphatic heterocycles. The van der Waals surface area contributed by atoms with Crippen molar-refractivity contribution in [2.45, 2.75) is 20.8 Å². The van der Waals surface area contributed by atoms with Gasteiger partial charge in [-0.2, -0.15) is 0 Å². The van der Waals surface area contributed by atoms with Crippen molar-refractivity contribution >= 4 is 0 Å². The lowest BCUT2D eigenvalue weighted by atomic mass is 9.94. The van der Waals surface area contributed by atoms with Gasteiger partial charge in [0.2, 0.25) is 0 Å². The van der Waals surface area contributed by atoms with Crippen molar-refractivity contribution in [2.75, 3.05) is 0 Å². The van der Waals surface area contributed by atoms with Crippen LogP contribution < -0.4 is 0 Å². The Bertz CT molecular complexity index is 548. The molecule has 2 aromatic carbocycles. The summed E-state index contributed by atoms with van der Waals surface area (Å²) in [7, 11) is 0. The average molecular weight is 228 g/mol. The summed E-state index contributed by atoms with van der Waals surface area (Å²) >= 11 is 0. The Morgan fingerprint density at radius 3 is 2.18 bits per heavy atom. The Kier molecular flexibility index (Phi) is 2.80. The number of hydrogen-bond acceptors (Lipinski definition) is 2. The summed E-state index contributed by atoms with van der Waals surface area (Å²) in [6.45, 7) is 5.92. The Hall–Kier alpha value is -1.96. The molecule has 0 atom stereocenters. The summed E-state index contributed by atoms with van der Waals surface area (Å²) in [6.07, 6.45) is 0. The summed E-state index contributed by atoms with van der Waals surface area (Å²) in [5.41, 5.74) is 4.94. The Morgan fingerprint density at radius 1 is 0.824 bits per heavy atom. The molecule has 2 aromatic rings. The van der Waals surface area contributed by atoms with Gasteiger partial charge in [0.1, 0.15) is 11.5 Å². The molecule has 0 heterocycles. The molecule has 2 nitrogen and oxygen atoms in total. The van der Waals surface area contributed by atoms with E-state index in [4.69, 9.17) is 0 Å². The number of phenolic OH excluding ortho intramolecular Hbond substituents is 2. The van der Waals surface area contributed by atoms with Gasteiger partial charge < -0.3 is 10.2 Å². The Labute approximate surface area is 101 Å². The summed E-state index contributed by atoms with van der Waals surface area (Å²) < 4.78 is 0. The van der Waals surface area contributed by atoms with Gasteiger partial charge in [0.25, 0.3) is 0 Å². The van der Waals surface area contributed by atoms with Crippen molar-refractivity contribution in [1.82, 2.24) is 0 Å². The van der Waals surface area contributed by atoms with Crippen molar-refractivity contribution in [3.05, 3.63) is 47.0 Å². The quantitative estimate of drug-likeness (QED) is 0.781. The second-order valence-corrected chi connectivity index (χ2v) is 4.48. The van der Waals surface area contributed by atoms with Gasteiger partial charge >= 0.3 is 0 Å². The second kappa shape index (κ2) is 4.13. The van der Waals surface area contributed by atoms with Crippen LogP contribution in [0.2, 0.25) is 0 Å². The van der Waals surface area contributed by atoms with Crippen LogP contribution in [-0.2, 0) is 0 Å². The molecule has 2 heteroatoms. The molecule has 0 saturated heterocycles. The molecule has 0 spiro atoms. The van der Waals surface area contributed by atoms with Crippen molar-refractivity contribution in [3.8, 4) is 22.6 Å². The minimum absolute atomic E-state index is 0.0917.